The number of likely N-dealkylation sites (tertiary alicyclic amines) is 1. The molecule has 0 saturated carbocycles. The van der Waals surface area contributed by atoms with Gasteiger partial charge in [0.2, 0.25) is 0 Å². The van der Waals surface area contributed by atoms with E-state index in [0.717, 1.165) is 75.0 Å². The number of nitrogens with one attached hydrogen (secondary N) is 2. The monoisotopic (exact) mass is 554 g/mol. The van der Waals surface area contributed by atoms with E-state index in [1.165, 1.54) is 19.2 Å². The van der Waals surface area contributed by atoms with E-state index >= 15 is 0 Å². The van der Waals surface area contributed by atoms with Gasteiger partial charge in [0.1, 0.15) is 6.33 Å². The normalized spacial score (nSPS) is 20.1. The molecule has 32 heavy (non-hydrogen) atoms. The van der Waals surface area contributed by atoms with Crippen molar-refractivity contribution in [1.29, 1.82) is 0 Å². The molecular weight excluding hydrogens is 519 g/mol. The number of halogens is 1. The van der Waals surface area contributed by atoms with Crippen LogP contribution in [0, 0.1) is 0 Å². The van der Waals surface area contributed by atoms with Gasteiger partial charge < -0.3 is 19.7 Å². The van der Waals surface area contributed by atoms with Crippen molar-refractivity contribution in [3.63, 3.8) is 0 Å². The molecule has 2 N–H and O–H groups in total. The number of aromatic nitrogens is 3. The van der Waals surface area contributed by atoms with Crippen LogP contribution in [-0.2, 0) is 16.0 Å². The molecule has 2 fully saturated rings. The molecule has 2 saturated heterocycles. The molecule has 1 atom stereocenters. The van der Waals surface area contributed by atoms with Crippen molar-refractivity contribution in [3.8, 4) is 11.4 Å². The summed E-state index contributed by atoms with van der Waals surface area (Å²) in [5.41, 5.74) is 2.17. The van der Waals surface area contributed by atoms with Crippen LogP contribution in [0.3, 0.4) is 0 Å². The first-order chi connectivity index (χ1) is 15.3. The topological polar surface area (TPSA) is 87.7 Å². The van der Waals surface area contributed by atoms with Crippen LogP contribution in [0.15, 0.2) is 35.6 Å². The Morgan fingerprint density at radius 3 is 2.88 bits per heavy atom. The molecule has 1 aromatic carbocycles. The summed E-state index contributed by atoms with van der Waals surface area (Å²) >= 11 is 0. The molecule has 3 heterocycles. The zero-order valence-electron chi connectivity index (χ0n) is 18.8. The molecule has 2 aliphatic rings. The van der Waals surface area contributed by atoms with Crippen LogP contribution in [0.2, 0.25) is 0 Å². The molecule has 0 amide bonds. The Kier molecular flexibility index (Phi) is 10.2. The standard InChI is InChI=1S/C23H34N6O2.HI/c1-2-24-23(25-15-18-6-5-7-19(14-18)22-26-17-27-28-22)29-11-9-20(10-12-29)31-16-21-8-3-4-13-30-21;/h5-7,14,17,20-21H,2-4,8-13,15-16H2,1H3,(H,24,25)(H,26,27,28);1H. The molecule has 4 rings (SSSR count). The average Bonchev–Trinajstić information content (AvgIpc) is 3.37. The van der Waals surface area contributed by atoms with Gasteiger partial charge in [0.25, 0.3) is 0 Å². The van der Waals surface area contributed by atoms with Gasteiger partial charge in [-0.05, 0) is 50.7 Å². The molecule has 176 valence electrons. The number of ether oxygens (including phenoxy) is 2. The van der Waals surface area contributed by atoms with Crippen LogP contribution < -0.4 is 5.32 Å². The number of nitrogens with zero attached hydrogens (tertiary/aromatic N) is 4. The highest BCUT2D eigenvalue weighted by Gasteiger charge is 2.23. The number of piperidine rings is 1. The van der Waals surface area contributed by atoms with Crippen molar-refractivity contribution in [2.45, 2.75) is 57.8 Å². The number of rotatable bonds is 7. The van der Waals surface area contributed by atoms with Crippen molar-refractivity contribution < 1.29 is 9.47 Å². The Morgan fingerprint density at radius 2 is 2.16 bits per heavy atom. The molecule has 0 bridgehead atoms. The van der Waals surface area contributed by atoms with Gasteiger partial charge in [-0.15, -0.1) is 24.0 Å². The highest BCUT2D eigenvalue weighted by molar-refractivity contribution is 14.0. The van der Waals surface area contributed by atoms with E-state index in [4.69, 9.17) is 14.5 Å². The van der Waals surface area contributed by atoms with E-state index in [1.54, 1.807) is 0 Å². The summed E-state index contributed by atoms with van der Waals surface area (Å²) in [5.74, 6) is 1.75. The zero-order valence-corrected chi connectivity index (χ0v) is 21.2. The van der Waals surface area contributed by atoms with Gasteiger partial charge in [-0.3, -0.25) is 5.10 Å². The second kappa shape index (κ2) is 13.1. The van der Waals surface area contributed by atoms with Crippen LogP contribution >= 0.6 is 24.0 Å². The van der Waals surface area contributed by atoms with Crippen LogP contribution in [-0.4, -0.2) is 71.1 Å². The molecular formula is C23H35IN6O2. The van der Waals surface area contributed by atoms with Gasteiger partial charge in [-0.2, -0.15) is 5.10 Å². The number of H-pyrrole nitrogens is 1. The van der Waals surface area contributed by atoms with E-state index in [-0.39, 0.29) is 24.0 Å². The molecule has 9 heteroatoms. The summed E-state index contributed by atoms with van der Waals surface area (Å²) in [4.78, 5) is 11.5. The molecule has 0 aliphatic carbocycles. The number of guanidine groups is 1. The summed E-state index contributed by atoms with van der Waals surface area (Å²) in [6, 6.07) is 8.28. The predicted molar refractivity (Wildman–Crippen MR) is 136 cm³/mol. The maximum absolute atomic E-state index is 6.16. The molecule has 2 aromatic rings. The maximum atomic E-state index is 6.16. The van der Waals surface area contributed by atoms with E-state index in [1.807, 2.05) is 12.1 Å². The Hall–Kier alpha value is -1.72. The number of benzene rings is 1. The quantitative estimate of drug-likeness (QED) is 0.309. The van der Waals surface area contributed by atoms with Gasteiger partial charge in [-0.25, -0.2) is 9.98 Å². The highest BCUT2D eigenvalue weighted by Crippen LogP contribution is 2.19. The maximum Gasteiger partial charge on any atom is 0.194 e. The summed E-state index contributed by atoms with van der Waals surface area (Å²) in [6.07, 6.45) is 7.77. The third-order valence-corrected chi connectivity index (χ3v) is 5.90. The average molecular weight is 554 g/mol. The van der Waals surface area contributed by atoms with Crippen LogP contribution in [0.1, 0.15) is 44.6 Å². The number of hydrogen-bond donors (Lipinski definition) is 2. The minimum atomic E-state index is 0. The second-order valence-electron chi connectivity index (χ2n) is 8.21. The number of aromatic amines is 1. The Labute approximate surface area is 207 Å². The molecule has 0 radical (unpaired) electrons. The molecule has 8 nitrogen and oxygen atoms in total. The summed E-state index contributed by atoms with van der Waals surface area (Å²) in [7, 11) is 0. The fourth-order valence-electron chi connectivity index (χ4n) is 4.17. The van der Waals surface area contributed by atoms with Crippen molar-refractivity contribution in [1.82, 2.24) is 25.4 Å². The first-order valence-electron chi connectivity index (χ1n) is 11.5. The zero-order chi connectivity index (χ0) is 21.3. The third-order valence-electron chi connectivity index (χ3n) is 5.90. The molecule has 2 aliphatic heterocycles. The fourth-order valence-corrected chi connectivity index (χ4v) is 4.17. The predicted octanol–water partition coefficient (Wildman–Crippen LogP) is 3.61. The summed E-state index contributed by atoms with van der Waals surface area (Å²) in [5, 5.41) is 10.3. The summed E-state index contributed by atoms with van der Waals surface area (Å²) in [6.45, 7) is 7.13. The molecule has 0 spiro atoms. The van der Waals surface area contributed by atoms with Gasteiger partial charge in [0.05, 0.1) is 25.4 Å². The lowest BCUT2D eigenvalue weighted by Crippen LogP contribution is -2.47. The van der Waals surface area contributed by atoms with Crippen molar-refractivity contribution in [2.75, 3.05) is 32.8 Å². The minimum absolute atomic E-state index is 0. The first kappa shape index (κ1) is 24.9. The highest BCUT2D eigenvalue weighted by atomic mass is 127. The minimum Gasteiger partial charge on any atom is -0.376 e. The number of hydrogen-bond acceptors (Lipinski definition) is 5. The van der Waals surface area contributed by atoms with Crippen LogP contribution in [0.25, 0.3) is 11.4 Å². The van der Waals surface area contributed by atoms with Crippen molar-refractivity contribution >= 4 is 29.9 Å². The molecule has 1 unspecified atom stereocenters. The van der Waals surface area contributed by atoms with E-state index in [2.05, 4.69) is 44.5 Å². The van der Waals surface area contributed by atoms with Crippen LogP contribution in [0.4, 0.5) is 0 Å². The lowest BCUT2D eigenvalue weighted by atomic mass is 10.1. The molecule has 1 aromatic heterocycles. The van der Waals surface area contributed by atoms with Gasteiger partial charge >= 0.3 is 0 Å². The van der Waals surface area contributed by atoms with Gasteiger partial charge in [-0.1, -0.05) is 18.2 Å². The first-order valence-corrected chi connectivity index (χ1v) is 11.5. The SMILES string of the molecule is CCNC(=NCc1cccc(-c2ncn[nH]2)c1)N1CCC(OCC2CCCCO2)CC1.I. The second-order valence-corrected chi connectivity index (χ2v) is 8.21. The lowest BCUT2D eigenvalue weighted by molar-refractivity contribution is -0.0721. The van der Waals surface area contributed by atoms with E-state index in [0.29, 0.717) is 18.8 Å². The Balaban J connectivity index is 0.00000289. The number of aliphatic imine (C=N–C) groups is 1. The third kappa shape index (κ3) is 7.14. The fraction of sp³-hybridized carbons (Fsp3) is 0.609. The van der Waals surface area contributed by atoms with Crippen molar-refractivity contribution in [3.05, 3.63) is 36.2 Å². The lowest BCUT2D eigenvalue weighted by Gasteiger charge is -2.35. The Morgan fingerprint density at radius 1 is 1.28 bits per heavy atom. The van der Waals surface area contributed by atoms with E-state index < -0.39 is 0 Å². The smallest absolute Gasteiger partial charge is 0.194 e. The largest absolute Gasteiger partial charge is 0.376 e. The summed E-state index contributed by atoms with van der Waals surface area (Å²) < 4.78 is 12.0. The van der Waals surface area contributed by atoms with Gasteiger partial charge in [0, 0.05) is 31.8 Å². The Bertz CT molecular complexity index is 818. The van der Waals surface area contributed by atoms with E-state index in [9.17, 15) is 0 Å². The van der Waals surface area contributed by atoms with Crippen LogP contribution in [0.5, 0.6) is 0 Å². The van der Waals surface area contributed by atoms with Crippen molar-refractivity contribution in [2.24, 2.45) is 4.99 Å². The van der Waals surface area contributed by atoms with Gasteiger partial charge in [0.15, 0.2) is 11.8 Å².